The monoisotopic (exact) mass is 429 g/mol. The summed E-state index contributed by atoms with van der Waals surface area (Å²) in [5.74, 6) is -0.0747. The van der Waals surface area contributed by atoms with Gasteiger partial charge in [-0.2, -0.15) is 4.31 Å². The van der Waals surface area contributed by atoms with Crippen molar-refractivity contribution in [3.8, 4) is 0 Å². The van der Waals surface area contributed by atoms with Crippen molar-refractivity contribution >= 4 is 28.3 Å². The summed E-state index contributed by atoms with van der Waals surface area (Å²) in [4.78, 5) is 15.3. The molecule has 28 heavy (non-hydrogen) atoms. The number of carbonyl (C=O) groups excluding carboxylic acids is 1. The Kier molecular flexibility index (Phi) is 8.30. The predicted octanol–water partition coefficient (Wildman–Crippen LogP) is 2.89. The van der Waals surface area contributed by atoms with Gasteiger partial charge in [-0.3, -0.25) is 4.79 Å². The first kappa shape index (κ1) is 23.1. The molecular weight excluding hydrogens is 398 g/mol. The summed E-state index contributed by atoms with van der Waals surface area (Å²) in [5, 5.41) is 3.30. The van der Waals surface area contributed by atoms with E-state index in [-0.39, 0.29) is 35.3 Å². The molecule has 3 rings (SSSR count). The summed E-state index contributed by atoms with van der Waals surface area (Å²) in [6.45, 7) is 6.97. The maximum Gasteiger partial charge on any atom is 0.254 e. The van der Waals surface area contributed by atoms with Crippen LogP contribution in [0.25, 0.3) is 0 Å². The van der Waals surface area contributed by atoms with Crippen LogP contribution in [0.4, 0.5) is 0 Å². The van der Waals surface area contributed by atoms with Crippen LogP contribution in [0.2, 0.25) is 0 Å². The molecule has 0 aromatic heterocycles. The van der Waals surface area contributed by atoms with E-state index in [0.29, 0.717) is 18.7 Å². The lowest BCUT2D eigenvalue weighted by Gasteiger charge is -2.32. The van der Waals surface area contributed by atoms with Gasteiger partial charge in [0.05, 0.1) is 4.90 Å². The number of piperidine rings is 1. The van der Waals surface area contributed by atoms with E-state index < -0.39 is 10.0 Å². The molecule has 6 nitrogen and oxygen atoms in total. The first-order valence-electron chi connectivity index (χ1n) is 10.1. The molecule has 2 fully saturated rings. The third kappa shape index (κ3) is 4.87. The molecule has 2 unspecified atom stereocenters. The van der Waals surface area contributed by atoms with Gasteiger partial charge in [0.15, 0.2) is 0 Å². The fourth-order valence-electron chi connectivity index (χ4n) is 4.12. The lowest BCUT2D eigenvalue weighted by Crippen LogP contribution is -2.43. The molecule has 2 aliphatic heterocycles. The Morgan fingerprint density at radius 2 is 2.07 bits per heavy atom. The van der Waals surface area contributed by atoms with Crippen LogP contribution in [0.1, 0.15) is 56.3 Å². The van der Waals surface area contributed by atoms with E-state index in [4.69, 9.17) is 0 Å². The number of rotatable bonds is 6. The van der Waals surface area contributed by atoms with Gasteiger partial charge in [0.25, 0.3) is 5.91 Å². The third-order valence-corrected chi connectivity index (χ3v) is 7.64. The number of amides is 1. The highest BCUT2D eigenvalue weighted by Gasteiger charge is 2.32. The van der Waals surface area contributed by atoms with Crippen molar-refractivity contribution < 1.29 is 13.2 Å². The smallest absolute Gasteiger partial charge is 0.254 e. The van der Waals surface area contributed by atoms with Crippen LogP contribution in [-0.2, 0) is 10.0 Å². The van der Waals surface area contributed by atoms with Crippen molar-refractivity contribution in [2.75, 3.05) is 26.2 Å². The Balaban J connectivity index is 0.00000280. The minimum atomic E-state index is -3.57. The lowest BCUT2D eigenvalue weighted by molar-refractivity contribution is 0.0692. The summed E-state index contributed by atoms with van der Waals surface area (Å²) in [7, 11) is -3.57. The van der Waals surface area contributed by atoms with E-state index in [9.17, 15) is 13.2 Å². The molecule has 158 valence electrons. The third-order valence-electron chi connectivity index (χ3n) is 5.63. The molecule has 0 radical (unpaired) electrons. The minimum Gasteiger partial charge on any atom is -0.334 e. The van der Waals surface area contributed by atoms with Crippen molar-refractivity contribution in [2.45, 2.75) is 62.9 Å². The lowest BCUT2D eigenvalue weighted by atomic mass is 10.1. The van der Waals surface area contributed by atoms with E-state index >= 15 is 0 Å². The van der Waals surface area contributed by atoms with Gasteiger partial charge in [0.2, 0.25) is 10.0 Å². The van der Waals surface area contributed by atoms with Gasteiger partial charge in [0.1, 0.15) is 0 Å². The second kappa shape index (κ2) is 10.1. The number of benzene rings is 1. The van der Waals surface area contributed by atoms with Crippen LogP contribution in [0.15, 0.2) is 29.2 Å². The van der Waals surface area contributed by atoms with Gasteiger partial charge in [-0.1, -0.05) is 19.4 Å². The molecule has 1 N–H and O–H groups in total. The van der Waals surface area contributed by atoms with Crippen molar-refractivity contribution in [1.82, 2.24) is 14.5 Å². The van der Waals surface area contributed by atoms with E-state index in [0.717, 1.165) is 45.2 Å². The fraction of sp³-hybridized carbons (Fsp3) is 0.650. The van der Waals surface area contributed by atoms with Gasteiger partial charge in [0, 0.05) is 37.3 Å². The van der Waals surface area contributed by atoms with E-state index in [1.165, 1.54) is 0 Å². The van der Waals surface area contributed by atoms with E-state index in [2.05, 4.69) is 12.2 Å². The Morgan fingerprint density at radius 1 is 1.29 bits per heavy atom. The average molecular weight is 430 g/mol. The van der Waals surface area contributed by atoms with Gasteiger partial charge in [-0.05, 0) is 57.4 Å². The molecule has 0 aliphatic carbocycles. The zero-order valence-corrected chi connectivity index (χ0v) is 18.4. The van der Waals surface area contributed by atoms with Crippen molar-refractivity contribution in [3.63, 3.8) is 0 Å². The zero-order chi connectivity index (χ0) is 19.4. The molecule has 0 saturated carbocycles. The van der Waals surface area contributed by atoms with Crippen LogP contribution in [0, 0.1) is 0 Å². The Morgan fingerprint density at radius 3 is 2.71 bits per heavy atom. The van der Waals surface area contributed by atoms with Gasteiger partial charge in [-0.15, -0.1) is 12.4 Å². The second-order valence-electron chi connectivity index (χ2n) is 7.63. The molecule has 8 heteroatoms. The minimum absolute atomic E-state index is 0. The number of nitrogens with one attached hydrogen (secondary N) is 1. The molecule has 1 aromatic rings. The SMILES string of the molecule is CCCN(C(=O)c1cccc(S(=O)(=O)N2CCCCC2C)c1)C1CCNC1.Cl. The molecule has 1 amide bonds. The number of hydrogen-bond donors (Lipinski definition) is 1. The average Bonchev–Trinajstić information content (AvgIpc) is 3.20. The number of halogens is 1. The standard InChI is InChI=1S/C20H31N3O3S.ClH/c1-3-12-22(18-10-11-21-15-18)20(24)17-8-6-9-19(14-17)27(25,26)23-13-5-4-7-16(23)2;/h6,8-9,14,16,18,21H,3-5,7,10-13,15H2,1-2H3;1H. The molecule has 2 aliphatic rings. The largest absolute Gasteiger partial charge is 0.334 e. The van der Waals surface area contributed by atoms with Crippen molar-refractivity contribution in [1.29, 1.82) is 0 Å². The van der Waals surface area contributed by atoms with Crippen LogP contribution in [0.3, 0.4) is 0 Å². The van der Waals surface area contributed by atoms with Crippen molar-refractivity contribution in [3.05, 3.63) is 29.8 Å². The number of hydrogen-bond acceptors (Lipinski definition) is 4. The molecule has 0 spiro atoms. The predicted molar refractivity (Wildman–Crippen MR) is 113 cm³/mol. The van der Waals surface area contributed by atoms with Crippen molar-refractivity contribution in [2.24, 2.45) is 0 Å². The highest BCUT2D eigenvalue weighted by atomic mass is 35.5. The van der Waals surface area contributed by atoms with Crippen LogP contribution >= 0.6 is 12.4 Å². The highest BCUT2D eigenvalue weighted by molar-refractivity contribution is 7.89. The summed E-state index contributed by atoms with van der Waals surface area (Å²) in [6, 6.07) is 6.76. The maximum atomic E-state index is 13.1. The van der Waals surface area contributed by atoms with Gasteiger partial charge < -0.3 is 10.2 Å². The Hall–Kier alpha value is -1.15. The zero-order valence-electron chi connectivity index (χ0n) is 16.8. The Bertz CT molecular complexity index is 766. The molecule has 0 bridgehead atoms. The summed E-state index contributed by atoms with van der Waals surface area (Å²) < 4.78 is 27.8. The molecule has 1 aromatic carbocycles. The first-order valence-corrected chi connectivity index (χ1v) is 11.5. The highest BCUT2D eigenvalue weighted by Crippen LogP contribution is 2.26. The molecule has 2 atom stereocenters. The number of nitrogens with zero attached hydrogens (tertiary/aromatic N) is 2. The van der Waals surface area contributed by atoms with Gasteiger partial charge in [-0.25, -0.2) is 8.42 Å². The summed E-state index contributed by atoms with van der Waals surface area (Å²) in [6.07, 6.45) is 4.66. The summed E-state index contributed by atoms with van der Waals surface area (Å²) in [5.41, 5.74) is 0.459. The van der Waals surface area contributed by atoms with Crippen LogP contribution in [-0.4, -0.2) is 61.8 Å². The quantitative estimate of drug-likeness (QED) is 0.754. The van der Waals surface area contributed by atoms with Gasteiger partial charge >= 0.3 is 0 Å². The normalized spacial score (nSPS) is 23.2. The molecule has 2 saturated heterocycles. The van der Waals surface area contributed by atoms with Crippen LogP contribution in [0.5, 0.6) is 0 Å². The molecular formula is C20H32ClN3O3S. The van der Waals surface area contributed by atoms with E-state index in [1.54, 1.807) is 28.6 Å². The number of carbonyl (C=O) groups is 1. The Labute approximate surface area is 175 Å². The second-order valence-corrected chi connectivity index (χ2v) is 9.52. The molecule has 2 heterocycles. The number of sulfonamides is 1. The first-order chi connectivity index (χ1) is 12.9. The fourth-order valence-corrected chi connectivity index (χ4v) is 5.86. The topological polar surface area (TPSA) is 69.7 Å². The maximum absolute atomic E-state index is 13.1. The van der Waals surface area contributed by atoms with E-state index in [1.807, 2.05) is 11.8 Å². The van der Waals surface area contributed by atoms with Crippen LogP contribution < -0.4 is 5.32 Å². The summed E-state index contributed by atoms with van der Waals surface area (Å²) >= 11 is 0.